The van der Waals surface area contributed by atoms with Gasteiger partial charge in [-0.1, -0.05) is 31.9 Å². The van der Waals surface area contributed by atoms with Gasteiger partial charge in [-0.3, -0.25) is 4.79 Å². The second-order valence-electron chi connectivity index (χ2n) is 5.87. The molecular formula is C21H26N2O4. The number of benzene rings is 2. The molecule has 0 bridgehead atoms. The molecule has 2 aromatic carbocycles. The quantitative estimate of drug-likeness (QED) is 0.389. The molecule has 0 saturated heterocycles. The number of hydrogen-bond acceptors (Lipinski definition) is 5. The molecule has 0 atom stereocenters. The van der Waals surface area contributed by atoms with E-state index in [0.717, 1.165) is 24.8 Å². The zero-order chi connectivity index (χ0) is 19.5. The Morgan fingerprint density at radius 1 is 1.04 bits per heavy atom. The number of methoxy groups -OCH3 is 2. The number of carbonyl (C=O) groups excluding carboxylic acids is 1. The van der Waals surface area contributed by atoms with E-state index in [1.165, 1.54) is 7.11 Å². The Hall–Kier alpha value is -3.02. The standard InChI is InChI=1S/C21H26N2O4/c1-4-5-8-13-27-19-12-11-16(14-20(19)26-3)15-22-23-21(24)17-9-6-7-10-18(17)25-2/h6-7,9-12,14-15H,4-5,8,13H2,1-3H3,(H,23,24)/b22-15+. The number of nitrogens with one attached hydrogen (secondary N) is 1. The molecule has 0 aliphatic carbocycles. The predicted octanol–water partition coefficient (Wildman–Crippen LogP) is 4.04. The minimum atomic E-state index is -0.341. The Labute approximate surface area is 160 Å². The third-order valence-corrected chi connectivity index (χ3v) is 3.92. The van der Waals surface area contributed by atoms with Gasteiger partial charge in [-0.15, -0.1) is 0 Å². The monoisotopic (exact) mass is 370 g/mol. The van der Waals surface area contributed by atoms with Crippen molar-refractivity contribution in [3.05, 3.63) is 53.6 Å². The molecule has 27 heavy (non-hydrogen) atoms. The zero-order valence-electron chi connectivity index (χ0n) is 16.0. The molecule has 0 aromatic heterocycles. The highest BCUT2D eigenvalue weighted by atomic mass is 16.5. The lowest BCUT2D eigenvalue weighted by Gasteiger charge is -2.11. The molecule has 6 nitrogen and oxygen atoms in total. The summed E-state index contributed by atoms with van der Waals surface area (Å²) in [5.41, 5.74) is 3.71. The van der Waals surface area contributed by atoms with Crippen LogP contribution in [0.1, 0.15) is 42.1 Å². The van der Waals surface area contributed by atoms with Gasteiger partial charge in [0.1, 0.15) is 5.75 Å². The third kappa shape index (κ3) is 6.02. The van der Waals surface area contributed by atoms with E-state index < -0.39 is 0 Å². The largest absolute Gasteiger partial charge is 0.496 e. The van der Waals surface area contributed by atoms with Crippen molar-refractivity contribution < 1.29 is 19.0 Å². The average molecular weight is 370 g/mol. The van der Waals surface area contributed by atoms with Crippen LogP contribution in [0.25, 0.3) is 0 Å². The normalized spacial score (nSPS) is 10.6. The summed E-state index contributed by atoms with van der Waals surface area (Å²) in [4.78, 5) is 12.2. The molecular weight excluding hydrogens is 344 g/mol. The summed E-state index contributed by atoms with van der Waals surface area (Å²) in [6, 6.07) is 12.5. The van der Waals surface area contributed by atoms with Gasteiger partial charge >= 0.3 is 0 Å². The van der Waals surface area contributed by atoms with Crippen LogP contribution in [0.5, 0.6) is 17.2 Å². The van der Waals surface area contributed by atoms with E-state index in [1.54, 1.807) is 37.6 Å². The van der Waals surface area contributed by atoms with Crippen molar-refractivity contribution >= 4 is 12.1 Å². The van der Waals surface area contributed by atoms with Crippen molar-refractivity contribution in [3.8, 4) is 17.2 Å². The number of ether oxygens (including phenoxy) is 3. The maximum absolute atomic E-state index is 12.2. The molecule has 0 fully saturated rings. The molecule has 1 N–H and O–H groups in total. The number of hydrogen-bond donors (Lipinski definition) is 1. The smallest absolute Gasteiger partial charge is 0.275 e. The lowest BCUT2D eigenvalue weighted by atomic mass is 10.2. The van der Waals surface area contributed by atoms with Gasteiger partial charge in [0.2, 0.25) is 0 Å². The van der Waals surface area contributed by atoms with Gasteiger partial charge in [0.15, 0.2) is 11.5 Å². The van der Waals surface area contributed by atoms with Gasteiger partial charge in [0, 0.05) is 0 Å². The van der Waals surface area contributed by atoms with Crippen molar-refractivity contribution in [2.45, 2.75) is 26.2 Å². The lowest BCUT2D eigenvalue weighted by Crippen LogP contribution is -2.18. The van der Waals surface area contributed by atoms with E-state index in [0.29, 0.717) is 29.4 Å². The van der Waals surface area contributed by atoms with Crippen molar-refractivity contribution in [1.29, 1.82) is 0 Å². The van der Waals surface area contributed by atoms with E-state index in [-0.39, 0.29) is 5.91 Å². The Kier molecular flexibility index (Phi) is 8.16. The van der Waals surface area contributed by atoms with E-state index >= 15 is 0 Å². The van der Waals surface area contributed by atoms with Gasteiger partial charge in [0.25, 0.3) is 5.91 Å². The van der Waals surface area contributed by atoms with E-state index in [4.69, 9.17) is 14.2 Å². The number of nitrogens with zero attached hydrogens (tertiary/aromatic N) is 1. The van der Waals surface area contributed by atoms with Crippen molar-refractivity contribution in [3.63, 3.8) is 0 Å². The maximum Gasteiger partial charge on any atom is 0.275 e. The van der Waals surface area contributed by atoms with Crippen molar-refractivity contribution in [2.75, 3.05) is 20.8 Å². The second kappa shape index (κ2) is 10.9. The highest BCUT2D eigenvalue weighted by molar-refractivity contribution is 5.97. The second-order valence-corrected chi connectivity index (χ2v) is 5.87. The van der Waals surface area contributed by atoms with Crippen LogP contribution in [0.15, 0.2) is 47.6 Å². The van der Waals surface area contributed by atoms with E-state index in [9.17, 15) is 4.79 Å². The first kappa shape index (κ1) is 20.3. The number of para-hydroxylation sites is 1. The number of unbranched alkanes of at least 4 members (excludes halogenated alkanes) is 2. The Morgan fingerprint density at radius 3 is 2.56 bits per heavy atom. The average Bonchev–Trinajstić information content (AvgIpc) is 2.71. The first-order chi connectivity index (χ1) is 13.2. The number of hydrazone groups is 1. The van der Waals surface area contributed by atoms with Crippen LogP contribution in [0.4, 0.5) is 0 Å². The molecule has 0 saturated carbocycles. The van der Waals surface area contributed by atoms with Crippen molar-refractivity contribution in [2.24, 2.45) is 5.10 Å². The first-order valence-corrected chi connectivity index (χ1v) is 8.96. The fourth-order valence-corrected chi connectivity index (χ4v) is 2.48. The molecule has 0 aliphatic rings. The van der Waals surface area contributed by atoms with Crippen LogP contribution >= 0.6 is 0 Å². The fraction of sp³-hybridized carbons (Fsp3) is 0.333. The van der Waals surface area contributed by atoms with Crippen LogP contribution in [0.3, 0.4) is 0 Å². The first-order valence-electron chi connectivity index (χ1n) is 8.96. The summed E-state index contributed by atoms with van der Waals surface area (Å²) >= 11 is 0. The van der Waals surface area contributed by atoms with Gasteiger partial charge in [-0.2, -0.15) is 5.10 Å². The summed E-state index contributed by atoms with van der Waals surface area (Å²) in [6.45, 7) is 2.81. The van der Waals surface area contributed by atoms with Crippen LogP contribution in [-0.2, 0) is 0 Å². The Balaban J connectivity index is 1.99. The molecule has 0 aliphatic heterocycles. The van der Waals surface area contributed by atoms with Gasteiger partial charge in [0.05, 0.1) is 32.6 Å². The minimum absolute atomic E-state index is 0.341. The SMILES string of the molecule is CCCCCOc1ccc(/C=N/NC(=O)c2ccccc2OC)cc1OC. The molecule has 6 heteroatoms. The molecule has 2 rings (SSSR count). The van der Waals surface area contributed by atoms with Crippen molar-refractivity contribution in [1.82, 2.24) is 5.43 Å². The molecule has 144 valence electrons. The molecule has 1 amide bonds. The van der Waals surface area contributed by atoms with Gasteiger partial charge in [-0.25, -0.2) is 5.43 Å². The molecule has 0 heterocycles. The minimum Gasteiger partial charge on any atom is -0.496 e. The lowest BCUT2D eigenvalue weighted by molar-refractivity contribution is 0.0952. The number of amides is 1. The highest BCUT2D eigenvalue weighted by Gasteiger charge is 2.10. The summed E-state index contributed by atoms with van der Waals surface area (Å²) in [7, 11) is 3.12. The van der Waals surface area contributed by atoms with Gasteiger partial charge < -0.3 is 14.2 Å². The maximum atomic E-state index is 12.2. The number of rotatable bonds is 10. The zero-order valence-corrected chi connectivity index (χ0v) is 16.0. The Morgan fingerprint density at radius 2 is 1.81 bits per heavy atom. The van der Waals surface area contributed by atoms with Crippen LogP contribution in [0.2, 0.25) is 0 Å². The van der Waals surface area contributed by atoms with Crippen LogP contribution in [-0.4, -0.2) is 32.9 Å². The summed E-state index contributed by atoms with van der Waals surface area (Å²) in [5.74, 6) is 1.48. The predicted molar refractivity (Wildman–Crippen MR) is 106 cm³/mol. The molecule has 0 radical (unpaired) electrons. The Bertz CT molecular complexity index is 775. The summed E-state index contributed by atoms with van der Waals surface area (Å²) in [5, 5.41) is 4.01. The van der Waals surface area contributed by atoms with E-state index in [1.807, 2.05) is 18.2 Å². The summed E-state index contributed by atoms with van der Waals surface area (Å²) in [6.07, 6.45) is 4.85. The molecule has 0 spiro atoms. The highest BCUT2D eigenvalue weighted by Crippen LogP contribution is 2.27. The summed E-state index contributed by atoms with van der Waals surface area (Å²) < 4.78 is 16.3. The van der Waals surface area contributed by atoms with Crippen LogP contribution in [0, 0.1) is 0 Å². The van der Waals surface area contributed by atoms with E-state index in [2.05, 4.69) is 17.5 Å². The number of carbonyl (C=O) groups is 1. The topological polar surface area (TPSA) is 69.2 Å². The third-order valence-electron chi connectivity index (χ3n) is 3.92. The fourth-order valence-electron chi connectivity index (χ4n) is 2.48. The molecule has 0 unspecified atom stereocenters. The molecule has 2 aromatic rings. The van der Waals surface area contributed by atoms with Gasteiger partial charge in [-0.05, 0) is 42.3 Å². The van der Waals surface area contributed by atoms with Crippen LogP contribution < -0.4 is 19.6 Å².